The summed E-state index contributed by atoms with van der Waals surface area (Å²) in [5, 5.41) is 0. The van der Waals surface area contributed by atoms with Gasteiger partial charge >= 0.3 is 11.9 Å². The molecule has 0 bridgehead atoms. The summed E-state index contributed by atoms with van der Waals surface area (Å²) in [5.41, 5.74) is 2.94. The Morgan fingerprint density at radius 1 is 0.613 bits per heavy atom. The summed E-state index contributed by atoms with van der Waals surface area (Å²) >= 11 is 0. The van der Waals surface area contributed by atoms with Crippen LogP contribution in [0.5, 0.6) is 0 Å². The zero-order valence-corrected chi connectivity index (χ0v) is 38.2. The second-order valence-corrected chi connectivity index (χ2v) is 21.3. The smallest absolute Gasteiger partial charge is 0.306 e. The minimum Gasteiger partial charge on any atom is -0.458 e. The number of ether oxygens (including phenoxy) is 2. The quantitative estimate of drug-likeness (QED) is 0.0874. The molecule has 2 saturated heterocycles. The molecular weight excluding hydrogens is 823 g/mol. The van der Waals surface area contributed by atoms with Gasteiger partial charge in [-0.1, -0.05) is 62.1 Å². The molecule has 11 heteroatoms. The van der Waals surface area contributed by atoms with E-state index in [0.717, 1.165) is 75.4 Å². The fourth-order valence-corrected chi connectivity index (χ4v) is 15.3. The molecule has 0 aromatic rings. The van der Waals surface area contributed by atoms with Gasteiger partial charge in [-0.3, -0.25) is 38.4 Å². The molecule has 0 unspecified atom stereocenters. The van der Waals surface area contributed by atoms with Crippen LogP contribution in [-0.4, -0.2) is 58.3 Å². The van der Waals surface area contributed by atoms with E-state index in [1.807, 2.05) is 0 Å². The summed E-state index contributed by atoms with van der Waals surface area (Å²) in [6.45, 7) is 10.4. The van der Waals surface area contributed by atoms with E-state index in [4.69, 9.17) is 9.47 Å². The molecule has 1 radical (unpaired) electrons. The van der Waals surface area contributed by atoms with Crippen molar-refractivity contribution in [2.24, 2.45) is 57.2 Å². The van der Waals surface area contributed by atoms with Crippen molar-refractivity contribution in [3.63, 3.8) is 0 Å². The van der Waals surface area contributed by atoms with Crippen LogP contribution in [0.3, 0.4) is 0 Å². The molecule has 10 aliphatic rings. The Morgan fingerprint density at radius 2 is 1.05 bits per heavy atom. The van der Waals surface area contributed by atoms with Gasteiger partial charge in [0, 0.05) is 77.7 Å². The molecule has 8 aliphatic carbocycles. The molecule has 2 spiro atoms. The van der Waals surface area contributed by atoms with Gasteiger partial charge in [-0.05, 0) is 132 Å². The first-order chi connectivity index (χ1) is 28.8. The molecule has 0 N–H and O–H groups in total. The van der Waals surface area contributed by atoms with E-state index >= 15 is 0 Å². The predicted octanol–water partition coefficient (Wildman–Crippen LogP) is 7.96. The van der Waals surface area contributed by atoms with Gasteiger partial charge in [0.2, 0.25) is 0 Å². The number of rotatable bonds is 5. The first-order valence-corrected chi connectivity index (χ1v) is 22.9. The van der Waals surface area contributed by atoms with Crippen molar-refractivity contribution in [3.8, 4) is 0 Å². The molecule has 10 rings (SSSR count). The number of esters is 2. The predicted molar refractivity (Wildman–Crippen MR) is 223 cm³/mol. The number of aldehydes is 1. The van der Waals surface area contributed by atoms with E-state index in [1.54, 1.807) is 12.2 Å². The average molecular weight is 884 g/mol. The number of hydrogen-bond donors (Lipinski definition) is 0. The zero-order chi connectivity index (χ0) is 43.5. The number of hydrogen-bond acceptors (Lipinski definition) is 10. The number of allylic oxidation sites excluding steroid dienone is 10. The largest absolute Gasteiger partial charge is 0.458 e. The number of carbonyl (C=O) groups excluding carboxylic acids is 8. The van der Waals surface area contributed by atoms with Crippen molar-refractivity contribution in [2.75, 3.05) is 0 Å². The van der Waals surface area contributed by atoms with E-state index in [1.165, 1.54) is 30.2 Å². The van der Waals surface area contributed by atoms with Crippen LogP contribution in [-0.2, 0) is 66.4 Å². The van der Waals surface area contributed by atoms with Crippen LogP contribution in [0.2, 0.25) is 0 Å². The molecule has 2 heterocycles. The molecule has 0 aromatic heterocycles. The van der Waals surface area contributed by atoms with Gasteiger partial charge in [-0.25, -0.2) is 0 Å². The summed E-state index contributed by atoms with van der Waals surface area (Å²) in [6.07, 6.45) is 22.6. The van der Waals surface area contributed by atoms with Crippen LogP contribution in [0.25, 0.3) is 0 Å². The van der Waals surface area contributed by atoms with E-state index in [0.29, 0.717) is 44.8 Å². The topological polar surface area (TPSA) is 155 Å². The summed E-state index contributed by atoms with van der Waals surface area (Å²) < 4.78 is 12.0. The van der Waals surface area contributed by atoms with Gasteiger partial charge in [-0.15, -0.1) is 0 Å². The summed E-state index contributed by atoms with van der Waals surface area (Å²) in [4.78, 5) is 97.7. The van der Waals surface area contributed by atoms with Crippen LogP contribution in [0.15, 0.2) is 58.7 Å². The van der Waals surface area contributed by atoms with Crippen LogP contribution < -0.4 is 0 Å². The third kappa shape index (κ3) is 6.44. The fraction of sp³-hybridized carbons (Fsp3) is 0.647. The fourth-order valence-electron chi connectivity index (χ4n) is 15.3. The summed E-state index contributed by atoms with van der Waals surface area (Å²) in [5.74, 6) is -0.740. The molecule has 12 atom stereocenters. The molecule has 6 fully saturated rings. The monoisotopic (exact) mass is 883 g/mol. The standard InChI is InChI=1S/C27H32O5.C24H28O5.V/c1-16(28)4-5-22(30)19-15-17-14-18(29)6-10-25(17,2)20-7-11-26(3)21(24(19)20)8-12-27(26)13-9-23(31)32-27;1-22-7-3-15(26)11-14(22)12-16(19(27)13-25)21-17(22)4-8-23(2)18(21)5-9-24(23)10-6-20(28)29-24;/h4-5,7,14,19,21,24H,6,8-13,15H2,1-3H3;4,11,13,16,18,21H,3,5-10,12H2,1-2H3;/b5-4+;;/t19-,21-,24+,25-,26-,27+;16-,18-,21+,22-,23-,24+;/m00./s1. The Bertz CT molecular complexity index is 2230. The van der Waals surface area contributed by atoms with Gasteiger partial charge in [-0.2, -0.15) is 0 Å². The van der Waals surface area contributed by atoms with Crippen LogP contribution in [0.1, 0.15) is 137 Å². The van der Waals surface area contributed by atoms with Crippen molar-refractivity contribution in [3.05, 3.63) is 58.7 Å². The van der Waals surface area contributed by atoms with Crippen molar-refractivity contribution in [1.29, 1.82) is 0 Å². The normalized spacial score (nSPS) is 43.4. The molecule has 329 valence electrons. The SMILES string of the molecule is CC(=O)/C=C/C(=O)[C@@H]1CC2=CC(=O)CC[C@]2(C)C2=CC[C@@]3(C)[C@@H](CC[C@@]34CCC(=O)O4)[C@@H]21.C[C@]12CCC(=O)C=C1C[C@@H](C(=O)C=O)[C@@H]1C2=CC[C@@]2(C)[C@H]1CC[C@@]21CCC(=O)O1.[V]. The van der Waals surface area contributed by atoms with E-state index in [9.17, 15) is 38.4 Å². The Balaban J connectivity index is 0.000000169. The van der Waals surface area contributed by atoms with Crippen molar-refractivity contribution >= 4 is 47.1 Å². The third-order valence-electron chi connectivity index (χ3n) is 18.8. The third-order valence-corrected chi connectivity index (χ3v) is 18.8. The Hall–Kier alpha value is -3.76. The number of carbonyl (C=O) groups is 8. The molecule has 0 aromatic carbocycles. The second kappa shape index (κ2) is 15.5. The first-order valence-electron chi connectivity index (χ1n) is 22.9. The van der Waals surface area contributed by atoms with Crippen molar-refractivity contribution in [2.45, 2.75) is 149 Å². The molecule has 62 heavy (non-hydrogen) atoms. The molecule has 2 aliphatic heterocycles. The zero-order valence-electron chi connectivity index (χ0n) is 36.8. The molecule has 10 nitrogen and oxygen atoms in total. The number of fused-ring (bicyclic) bond motifs is 12. The van der Waals surface area contributed by atoms with E-state index < -0.39 is 17.1 Å². The molecule has 0 amide bonds. The Labute approximate surface area is 376 Å². The van der Waals surface area contributed by atoms with Gasteiger partial charge in [0.1, 0.15) is 11.2 Å². The van der Waals surface area contributed by atoms with Crippen molar-refractivity contribution < 1.29 is 66.4 Å². The second-order valence-electron chi connectivity index (χ2n) is 21.3. The first kappa shape index (κ1) is 44.8. The minimum absolute atomic E-state index is 0. The van der Waals surface area contributed by atoms with Gasteiger partial charge in [0.25, 0.3) is 0 Å². The van der Waals surface area contributed by atoms with E-state index in [2.05, 4.69) is 39.8 Å². The van der Waals surface area contributed by atoms with Crippen LogP contribution >= 0.6 is 0 Å². The Morgan fingerprint density at radius 3 is 1.44 bits per heavy atom. The summed E-state index contributed by atoms with van der Waals surface area (Å²) in [6, 6.07) is 0. The van der Waals surface area contributed by atoms with Gasteiger partial charge in [0.15, 0.2) is 35.2 Å². The number of Topliss-reactive ketones (excluding diaryl/α,β-unsaturated/α-hetero) is 1. The summed E-state index contributed by atoms with van der Waals surface area (Å²) in [7, 11) is 0. The minimum atomic E-state index is -0.439. The maximum absolute atomic E-state index is 13.4. The maximum atomic E-state index is 13.4. The van der Waals surface area contributed by atoms with Crippen LogP contribution in [0, 0.1) is 57.2 Å². The molecular formula is C51H60O10V. The van der Waals surface area contributed by atoms with E-state index in [-0.39, 0.29) is 111 Å². The van der Waals surface area contributed by atoms with Crippen molar-refractivity contribution in [1.82, 2.24) is 0 Å². The van der Waals surface area contributed by atoms with Gasteiger partial charge in [0.05, 0.1) is 0 Å². The average Bonchev–Trinajstić information content (AvgIpc) is 3.97. The number of ketones is 5. The van der Waals surface area contributed by atoms with Crippen LogP contribution in [0.4, 0.5) is 0 Å². The maximum Gasteiger partial charge on any atom is 0.306 e. The Kier molecular flexibility index (Phi) is 11.2. The molecule has 4 saturated carbocycles. The van der Waals surface area contributed by atoms with Gasteiger partial charge < -0.3 is 9.47 Å².